The first-order chi connectivity index (χ1) is 7.76. The number of benzene rings is 1. The van der Waals surface area contributed by atoms with E-state index in [1.54, 1.807) is 14.2 Å². The molecule has 0 aromatic heterocycles. The maximum Gasteiger partial charge on any atom is 0.187 e. The third kappa shape index (κ3) is 2.16. The molecule has 0 spiro atoms. The summed E-state index contributed by atoms with van der Waals surface area (Å²) in [6.45, 7) is 1.22. The van der Waals surface area contributed by atoms with E-state index in [0.29, 0.717) is 19.0 Å². The zero-order valence-corrected chi connectivity index (χ0v) is 10.7. The molecule has 4 nitrogen and oxygen atoms in total. The molecule has 0 unspecified atom stereocenters. The third-order valence-electron chi connectivity index (χ3n) is 2.38. The monoisotopic (exact) mass is 288 g/mol. The van der Waals surface area contributed by atoms with Crippen LogP contribution in [-0.4, -0.2) is 27.4 Å². The molecule has 0 bridgehead atoms. The van der Waals surface area contributed by atoms with E-state index >= 15 is 0 Å². The van der Waals surface area contributed by atoms with Gasteiger partial charge in [0.15, 0.2) is 6.29 Å². The predicted molar refractivity (Wildman–Crippen MR) is 61.9 cm³/mol. The van der Waals surface area contributed by atoms with Crippen molar-refractivity contribution in [2.24, 2.45) is 0 Å². The second-order valence-corrected chi connectivity index (χ2v) is 4.16. The van der Waals surface area contributed by atoms with Crippen molar-refractivity contribution in [3.8, 4) is 11.5 Å². The normalized spacial score (nSPS) is 16.4. The van der Waals surface area contributed by atoms with Crippen LogP contribution in [0.5, 0.6) is 11.5 Å². The first-order valence-electron chi connectivity index (χ1n) is 4.91. The molecule has 1 aromatic carbocycles. The molecule has 16 heavy (non-hydrogen) atoms. The smallest absolute Gasteiger partial charge is 0.187 e. The summed E-state index contributed by atoms with van der Waals surface area (Å²) >= 11 is 3.43. The van der Waals surface area contributed by atoms with Gasteiger partial charge in [0.1, 0.15) is 11.5 Å². The highest BCUT2D eigenvalue weighted by atomic mass is 79.9. The zero-order chi connectivity index (χ0) is 11.5. The average Bonchev–Trinajstić information content (AvgIpc) is 2.82. The van der Waals surface area contributed by atoms with Crippen LogP contribution in [0.1, 0.15) is 11.9 Å². The van der Waals surface area contributed by atoms with Crippen LogP contribution in [0.25, 0.3) is 0 Å². The van der Waals surface area contributed by atoms with Crippen LogP contribution in [0.3, 0.4) is 0 Å². The molecule has 0 aliphatic carbocycles. The summed E-state index contributed by atoms with van der Waals surface area (Å²) in [7, 11) is 3.23. The van der Waals surface area contributed by atoms with Crippen molar-refractivity contribution in [1.82, 2.24) is 0 Å². The van der Waals surface area contributed by atoms with Crippen LogP contribution in [0.15, 0.2) is 16.6 Å². The fourth-order valence-electron chi connectivity index (χ4n) is 1.61. The van der Waals surface area contributed by atoms with Crippen molar-refractivity contribution in [2.75, 3.05) is 27.4 Å². The summed E-state index contributed by atoms with van der Waals surface area (Å²) in [6.07, 6.45) is -0.350. The van der Waals surface area contributed by atoms with Crippen molar-refractivity contribution in [3.05, 3.63) is 22.2 Å². The molecule has 0 radical (unpaired) electrons. The Labute approximate surface area is 103 Å². The summed E-state index contributed by atoms with van der Waals surface area (Å²) in [5, 5.41) is 0. The Morgan fingerprint density at radius 3 is 2.31 bits per heavy atom. The molecule has 1 saturated heterocycles. The minimum absolute atomic E-state index is 0.350. The maximum absolute atomic E-state index is 5.45. The van der Waals surface area contributed by atoms with Gasteiger partial charge in [-0.25, -0.2) is 0 Å². The summed E-state index contributed by atoms with van der Waals surface area (Å²) in [5.74, 6) is 1.42. The largest absolute Gasteiger partial charge is 0.496 e. The minimum Gasteiger partial charge on any atom is -0.496 e. The van der Waals surface area contributed by atoms with Gasteiger partial charge in [-0.15, -0.1) is 0 Å². The van der Waals surface area contributed by atoms with Gasteiger partial charge in [-0.05, 0) is 22.0 Å². The van der Waals surface area contributed by atoms with Crippen LogP contribution in [0.4, 0.5) is 0 Å². The first kappa shape index (κ1) is 11.7. The highest BCUT2D eigenvalue weighted by Crippen LogP contribution is 2.38. The number of methoxy groups -OCH3 is 2. The minimum atomic E-state index is -0.350. The fraction of sp³-hybridized carbons (Fsp3) is 0.455. The van der Waals surface area contributed by atoms with E-state index in [1.165, 1.54) is 0 Å². The maximum atomic E-state index is 5.45. The van der Waals surface area contributed by atoms with Crippen LogP contribution in [0, 0.1) is 0 Å². The third-order valence-corrected chi connectivity index (χ3v) is 3.00. The number of hydrogen-bond donors (Lipinski definition) is 0. The second kappa shape index (κ2) is 5.03. The number of halogens is 1. The molecule has 0 amide bonds. The summed E-state index contributed by atoms with van der Waals surface area (Å²) < 4.78 is 22.2. The molecule has 0 N–H and O–H groups in total. The summed E-state index contributed by atoms with van der Waals surface area (Å²) in [6, 6.07) is 3.71. The van der Waals surface area contributed by atoms with Crippen molar-refractivity contribution in [1.29, 1.82) is 0 Å². The molecule has 0 atom stereocenters. The topological polar surface area (TPSA) is 36.9 Å². The van der Waals surface area contributed by atoms with Gasteiger partial charge in [0.2, 0.25) is 0 Å². The van der Waals surface area contributed by atoms with Crippen molar-refractivity contribution < 1.29 is 18.9 Å². The van der Waals surface area contributed by atoms with E-state index in [4.69, 9.17) is 18.9 Å². The Bertz CT molecular complexity index is 374. The van der Waals surface area contributed by atoms with Gasteiger partial charge in [0, 0.05) is 6.07 Å². The van der Waals surface area contributed by atoms with E-state index in [0.717, 1.165) is 15.8 Å². The molecule has 88 valence electrons. The Morgan fingerprint density at radius 1 is 1.12 bits per heavy atom. The van der Waals surface area contributed by atoms with Crippen LogP contribution in [0.2, 0.25) is 0 Å². The fourth-order valence-corrected chi connectivity index (χ4v) is 2.13. The quantitative estimate of drug-likeness (QED) is 0.856. The van der Waals surface area contributed by atoms with Crippen LogP contribution >= 0.6 is 15.9 Å². The Hall–Kier alpha value is -0.780. The average molecular weight is 289 g/mol. The van der Waals surface area contributed by atoms with Crippen molar-refractivity contribution in [2.45, 2.75) is 6.29 Å². The lowest BCUT2D eigenvalue weighted by molar-refractivity contribution is -0.0455. The molecule has 1 aliphatic rings. The van der Waals surface area contributed by atoms with Gasteiger partial charge in [-0.3, -0.25) is 0 Å². The lowest BCUT2D eigenvalue weighted by Crippen LogP contribution is -2.02. The van der Waals surface area contributed by atoms with Gasteiger partial charge in [0.25, 0.3) is 0 Å². The number of ether oxygens (including phenoxy) is 4. The summed E-state index contributed by atoms with van der Waals surface area (Å²) in [4.78, 5) is 0. The van der Waals surface area contributed by atoms with Crippen LogP contribution < -0.4 is 9.47 Å². The first-order valence-corrected chi connectivity index (χ1v) is 5.70. The number of hydrogen-bond acceptors (Lipinski definition) is 4. The van der Waals surface area contributed by atoms with E-state index in [9.17, 15) is 0 Å². The Morgan fingerprint density at radius 2 is 1.75 bits per heavy atom. The van der Waals surface area contributed by atoms with E-state index in [1.807, 2.05) is 12.1 Å². The van der Waals surface area contributed by atoms with Gasteiger partial charge < -0.3 is 18.9 Å². The highest BCUT2D eigenvalue weighted by molar-refractivity contribution is 9.10. The second-order valence-electron chi connectivity index (χ2n) is 3.30. The zero-order valence-electron chi connectivity index (χ0n) is 9.16. The standard InChI is InChI=1S/C11H13BrO4/c1-13-9-6-10(14-2)8(12)5-7(9)11-15-3-4-16-11/h5-6,11H,3-4H2,1-2H3. The molecule has 0 saturated carbocycles. The van der Waals surface area contributed by atoms with Crippen molar-refractivity contribution in [3.63, 3.8) is 0 Å². The van der Waals surface area contributed by atoms with Gasteiger partial charge in [0.05, 0.1) is 37.5 Å². The molecule has 1 fully saturated rings. The van der Waals surface area contributed by atoms with E-state index in [-0.39, 0.29) is 6.29 Å². The molecule has 5 heteroatoms. The van der Waals surface area contributed by atoms with Gasteiger partial charge >= 0.3 is 0 Å². The predicted octanol–water partition coefficient (Wildman–Crippen LogP) is 2.51. The van der Waals surface area contributed by atoms with Gasteiger partial charge in [-0.2, -0.15) is 0 Å². The van der Waals surface area contributed by atoms with Crippen molar-refractivity contribution >= 4 is 15.9 Å². The van der Waals surface area contributed by atoms with E-state index in [2.05, 4.69) is 15.9 Å². The molecule has 1 heterocycles. The number of rotatable bonds is 3. The molecule has 1 aliphatic heterocycles. The molecular formula is C11H13BrO4. The highest BCUT2D eigenvalue weighted by Gasteiger charge is 2.23. The Balaban J connectivity index is 2.39. The lowest BCUT2D eigenvalue weighted by atomic mass is 10.2. The SMILES string of the molecule is COc1cc(OC)c(C2OCCO2)cc1Br. The molecule has 2 rings (SSSR count). The molecule has 1 aromatic rings. The Kier molecular flexibility index (Phi) is 3.68. The summed E-state index contributed by atoms with van der Waals surface area (Å²) in [5.41, 5.74) is 0.868. The van der Waals surface area contributed by atoms with Crippen LogP contribution in [-0.2, 0) is 9.47 Å². The lowest BCUT2D eigenvalue weighted by Gasteiger charge is -2.15. The molecular weight excluding hydrogens is 276 g/mol. The van der Waals surface area contributed by atoms with Gasteiger partial charge in [-0.1, -0.05) is 0 Å². The van der Waals surface area contributed by atoms with E-state index < -0.39 is 0 Å².